The molecule has 3 aromatic carbocycles. The molecule has 0 spiro atoms. The van der Waals surface area contributed by atoms with Gasteiger partial charge in [0.25, 0.3) is 11.8 Å². The molecule has 5 nitrogen and oxygen atoms in total. The number of nitrogens with zero attached hydrogens (tertiary/aromatic N) is 1. The van der Waals surface area contributed by atoms with Crippen LogP contribution in [0, 0.1) is 6.92 Å². The van der Waals surface area contributed by atoms with Gasteiger partial charge in [-0.2, -0.15) is 0 Å². The van der Waals surface area contributed by atoms with Crippen LogP contribution in [-0.4, -0.2) is 17.8 Å². The zero-order valence-electron chi connectivity index (χ0n) is 17.1. The summed E-state index contributed by atoms with van der Waals surface area (Å²) in [6, 6.07) is 18.9. The van der Waals surface area contributed by atoms with E-state index >= 15 is 0 Å². The minimum absolute atomic E-state index is 0.153. The molecule has 160 valence electrons. The van der Waals surface area contributed by atoms with Crippen LogP contribution in [0.3, 0.4) is 0 Å². The van der Waals surface area contributed by atoms with Crippen LogP contribution in [0.2, 0.25) is 10.0 Å². The molecule has 7 heteroatoms. The standard InChI is InChI=1S/C25H18Cl2N2O3/c1-15-6-10-19(11-7-15)29-24(31)20(23(30)28-25(29)32)12-16-8-9-18(22(27)13-16)14-17-4-2-3-5-21(17)26/h2-13H,14H2,1H3,(H,28,30,32)/b20-12+. The Labute approximate surface area is 195 Å². The fraction of sp³-hybridized carbons (Fsp3) is 0.0800. The predicted molar refractivity (Wildman–Crippen MR) is 126 cm³/mol. The van der Waals surface area contributed by atoms with Gasteiger partial charge in [-0.3, -0.25) is 14.9 Å². The van der Waals surface area contributed by atoms with E-state index in [2.05, 4.69) is 5.32 Å². The molecule has 0 aliphatic carbocycles. The third-order valence-corrected chi connectivity index (χ3v) is 5.84. The molecule has 0 bridgehead atoms. The van der Waals surface area contributed by atoms with Crippen molar-refractivity contribution in [1.29, 1.82) is 0 Å². The number of urea groups is 1. The normalized spacial score (nSPS) is 15.3. The van der Waals surface area contributed by atoms with Crippen molar-refractivity contribution < 1.29 is 14.4 Å². The summed E-state index contributed by atoms with van der Waals surface area (Å²) >= 11 is 12.7. The minimum Gasteiger partial charge on any atom is -0.273 e. The number of imide groups is 2. The molecule has 4 amide bonds. The van der Waals surface area contributed by atoms with Crippen molar-refractivity contribution in [3.05, 3.63) is 105 Å². The molecule has 1 N–H and O–H groups in total. The van der Waals surface area contributed by atoms with Gasteiger partial charge in [0.2, 0.25) is 0 Å². The first-order valence-electron chi connectivity index (χ1n) is 9.83. The number of rotatable bonds is 4. The number of amides is 4. The van der Waals surface area contributed by atoms with Crippen molar-refractivity contribution >= 4 is 52.8 Å². The topological polar surface area (TPSA) is 66.5 Å². The fourth-order valence-corrected chi connectivity index (χ4v) is 3.85. The van der Waals surface area contributed by atoms with Gasteiger partial charge in [-0.05, 0) is 54.0 Å². The first-order chi connectivity index (χ1) is 15.3. The second-order valence-corrected chi connectivity index (χ2v) is 8.23. The first-order valence-corrected chi connectivity index (χ1v) is 10.6. The highest BCUT2D eigenvalue weighted by atomic mass is 35.5. The molecule has 1 saturated heterocycles. The van der Waals surface area contributed by atoms with Crippen LogP contribution in [0.1, 0.15) is 22.3 Å². The van der Waals surface area contributed by atoms with Gasteiger partial charge in [-0.25, -0.2) is 9.69 Å². The Morgan fingerprint density at radius 1 is 0.875 bits per heavy atom. The maximum Gasteiger partial charge on any atom is 0.335 e. The minimum atomic E-state index is -0.783. The Bertz CT molecular complexity index is 1270. The number of aryl methyl sites for hydroxylation is 1. The van der Waals surface area contributed by atoms with Crippen molar-refractivity contribution in [2.45, 2.75) is 13.3 Å². The van der Waals surface area contributed by atoms with E-state index in [1.54, 1.807) is 36.4 Å². The molecular weight excluding hydrogens is 447 g/mol. The zero-order chi connectivity index (χ0) is 22.8. The third kappa shape index (κ3) is 4.44. The summed E-state index contributed by atoms with van der Waals surface area (Å²) in [5, 5.41) is 3.35. The summed E-state index contributed by atoms with van der Waals surface area (Å²) < 4.78 is 0. The molecule has 0 radical (unpaired) electrons. The summed E-state index contributed by atoms with van der Waals surface area (Å²) in [6.45, 7) is 1.90. The highest BCUT2D eigenvalue weighted by Crippen LogP contribution is 2.27. The summed E-state index contributed by atoms with van der Waals surface area (Å²) in [7, 11) is 0. The van der Waals surface area contributed by atoms with Gasteiger partial charge in [0, 0.05) is 16.5 Å². The van der Waals surface area contributed by atoms with Crippen molar-refractivity contribution in [2.24, 2.45) is 0 Å². The van der Waals surface area contributed by atoms with Crippen LogP contribution in [0.25, 0.3) is 6.08 Å². The number of hydrogen-bond acceptors (Lipinski definition) is 3. The monoisotopic (exact) mass is 464 g/mol. The Hall–Kier alpha value is -3.41. The van der Waals surface area contributed by atoms with E-state index in [1.807, 2.05) is 37.3 Å². The van der Waals surface area contributed by atoms with Gasteiger partial charge < -0.3 is 0 Å². The Balaban J connectivity index is 1.63. The van der Waals surface area contributed by atoms with Crippen molar-refractivity contribution in [2.75, 3.05) is 4.90 Å². The molecule has 1 aliphatic heterocycles. The first kappa shape index (κ1) is 21.8. The fourth-order valence-electron chi connectivity index (χ4n) is 3.40. The summed E-state index contributed by atoms with van der Waals surface area (Å²) in [5.74, 6) is -1.45. The lowest BCUT2D eigenvalue weighted by atomic mass is 10.0. The van der Waals surface area contributed by atoms with Crippen molar-refractivity contribution in [3.63, 3.8) is 0 Å². The number of benzene rings is 3. The Kier molecular flexibility index (Phi) is 6.12. The number of nitrogens with one attached hydrogen (secondary N) is 1. The molecule has 1 fully saturated rings. The maximum atomic E-state index is 13.0. The average Bonchev–Trinajstić information content (AvgIpc) is 2.75. The summed E-state index contributed by atoms with van der Waals surface area (Å²) in [4.78, 5) is 38.6. The van der Waals surface area contributed by atoms with Crippen LogP contribution in [-0.2, 0) is 16.0 Å². The molecule has 0 unspecified atom stereocenters. The number of barbiturate groups is 1. The highest BCUT2D eigenvalue weighted by Gasteiger charge is 2.36. The quantitative estimate of drug-likeness (QED) is 0.405. The molecule has 1 heterocycles. The zero-order valence-corrected chi connectivity index (χ0v) is 18.6. The lowest BCUT2D eigenvalue weighted by Crippen LogP contribution is -2.54. The van der Waals surface area contributed by atoms with Crippen LogP contribution < -0.4 is 10.2 Å². The largest absolute Gasteiger partial charge is 0.335 e. The van der Waals surface area contributed by atoms with Gasteiger partial charge >= 0.3 is 6.03 Å². The van der Waals surface area contributed by atoms with E-state index < -0.39 is 17.8 Å². The average molecular weight is 465 g/mol. The Morgan fingerprint density at radius 2 is 1.56 bits per heavy atom. The molecule has 0 saturated carbocycles. The number of carbonyl (C=O) groups is 3. The van der Waals surface area contributed by atoms with E-state index in [9.17, 15) is 14.4 Å². The van der Waals surface area contributed by atoms with E-state index in [-0.39, 0.29) is 5.57 Å². The van der Waals surface area contributed by atoms with E-state index in [4.69, 9.17) is 23.2 Å². The summed E-state index contributed by atoms with van der Waals surface area (Å²) in [6.07, 6.45) is 1.97. The van der Waals surface area contributed by atoms with Gasteiger partial charge in [-0.15, -0.1) is 0 Å². The number of carbonyl (C=O) groups excluding carboxylic acids is 3. The maximum absolute atomic E-state index is 13.0. The smallest absolute Gasteiger partial charge is 0.273 e. The van der Waals surface area contributed by atoms with Crippen molar-refractivity contribution in [1.82, 2.24) is 5.32 Å². The Morgan fingerprint density at radius 3 is 2.25 bits per heavy atom. The van der Waals surface area contributed by atoms with Crippen LogP contribution >= 0.6 is 23.2 Å². The van der Waals surface area contributed by atoms with E-state index in [1.165, 1.54) is 6.08 Å². The molecule has 32 heavy (non-hydrogen) atoms. The second kappa shape index (κ2) is 8.99. The number of halogens is 2. The lowest BCUT2D eigenvalue weighted by molar-refractivity contribution is -0.122. The van der Waals surface area contributed by atoms with Crippen LogP contribution in [0.15, 0.2) is 72.3 Å². The molecule has 0 atom stereocenters. The summed E-state index contributed by atoms with van der Waals surface area (Å²) in [5.41, 5.74) is 3.57. The molecule has 0 aromatic heterocycles. The molecule has 1 aliphatic rings. The SMILES string of the molecule is Cc1ccc(N2C(=O)NC(=O)/C(=C\c3ccc(Cc4ccccc4Cl)c(Cl)c3)C2=O)cc1. The van der Waals surface area contributed by atoms with E-state index in [0.717, 1.165) is 21.6 Å². The van der Waals surface area contributed by atoms with Crippen LogP contribution in [0.5, 0.6) is 0 Å². The predicted octanol–water partition coefficient (Wildman–Crippen LogP) is 5.56. The van der Waals surface area contributed by atoms with Gasteiger partial charge in [0.05, 0.1) is 5.69 Å². The van der Waals surface area contributed by atoms with Gasteiger partial charge in [0.15, 0.2) is 0 Å². The van der Waals surface area contributed by atoms with Gasteiger partial charge in [0.1, 0.15) is 5.57 Å². The molecule has 3 aromatic rings. The van der Waals surface area contributed by atoms with Gasteiger partial charge in [-0.1, -0.05) is 71.2 Å². The van der Waals surface area contributed by atoms with Crippen molar-refractivity contribution in [3.8, 4) is 0 Å². The molecular formula is C25H18Cl2N2O3. The number of anilines is 1. The van der Waals surface area contributed by atoms with Crippen LogP contribution in [0.4, 0.5) is 10.5 Å². The molecule has 4 rings (SSSR count). The lowest BCUT2D eigenvalue weighted by Gasteiger charge is -2.26. The second-order valence-electron chi connectivity index (χ2n) is 7.41. The number of hydrogen-bond donors (Lipinski definition) is 1. The third-order valence-electron chi connectivity index (χ3n) is 5.12. The highest BCUT2D eigenvalue weighted by molar-refractivity contribution is 6.39. The van der Waals surface area contributed by atoms with E-state index in [0.29, 0.717) is 27.7 Å².